The highest BCUT2D eigenvalue weighted by Crippen LogP contribution is 2.39. The van der Waals surface area contributed by atoms with Crippen molar-refractivity contribution in [2.45, 2.75) is 84.2 Å². The van der Waals surface area contributed by atoms with E-state index in [0.717, 1.165) is 18.9 Å². The molecule has 0 bridgehead atoms. The Labute approximate surface area is 147 Å². The van der Waals surface area contributed by atoms with E-state index in [2.05, 4.69) is 47.8 Å². The molecular weight excluding hydrogens is 294 g/mol. The largest absolute Gasteiger partial charge is 0.351 e. The number of rotatable bonds is 9. The summed E-state index contributed by atoms with van der Waals surface area (Å²) in [6.45, 7) is 5.64. The number of unbranched alkanes of at least 4 members (excludes halogenated alkanes) is 2. The zero-order valence-corrected chi connectivity index (χ0v) is 15.3. The smallest absolute Gasteiger partial charge is 0.0643 e. The van der Waals surface area contributed by atoms with Gasteiger partial charge in [0, 0.05) is 42.8 Å². The van der Waals surface area contributed by atoms with Crippen LogP contribution in [0.5, 0.6) is 0 Å². The Morgan fingerprint density at radius 3 is 2.79 bits per heavy atom. The number of allylic oxidation sites excluding steroid dienone is 1. The summed E-state index contributed by atoms with van der Waals surface area (Å²) in [7, 11) is 0. The van der Waals surface area contributed by atoms with E-state index in [1.54, 1.807) is 0 Å². The Hall–Kier alpha value is -1.69. The first kappa shape index (κ1) is 17.1. The summed E-state index contributed by atoms with van der Waals surface area (Å²) in [5.74, 6) is 0.720. The fourth-order valence-corrected chi connectivity index (χ4v) is 4.26. The summed E-state index contributed by atoms with van der Waals surface area (Å²) in [5.41, 5.74) is 4.29. The van der Waals surface area contributed by atoms with Gasteiger partial charge in [0.05, 0.1) is 12.5 Å². The summed E-state index contributed by atoms with van der Waals surface area (Å²) < 4.78 is 2.40. The normalized spacial score (nSPS) is 18.5. The van der Waals surface area contributed by atoms with Crippen molar-refractivity contribution in [2.24, 2.45) is 5.92 Å². The molecule has 1 aromatic rings. The number of aromatic nitrogens is 1. The molecule has 3 nitrogen and oxygen atoms in total. The standard InChI is InChI=1S/C21H31N3/c1-3-4-7-13-23-14-11-19(17(23)2)15-20-16-24(20)21(10-12-22)18-8-5-6-9-18/h11,14,16,18,21H,3-10,13,15H2,1-2H3. The van der Waals surface area contributed by atoms with Crippen molar-refractivity contribution in [1.29, 1.82) is 5.26 Å². The number of nitriles is 1. The average molecular weight is 326 g/mol. The lowest BCUT2D eigenvalue weighted by Gasteiger charge is -2.24. The number of hydrogen-bond donors (Lipinski definition) is 0. The molecule has 1 aliphatic carbocycles. The predicted molar refractivity (Wildman–Crippen MR) is 98.3 cm³/mol. The molecule has 1 saturated carbocycles. The van der Waals surface area contributed by atoms with Gasteiger partial charge < -0.3 is 9.47 Å². The summed E-state index contributed by atoms with van der Waals surface area (Å²) in [5, 5.41) is 9.20. The van der Waals surface area contributed by atoms with E-state index in [1.807, 2.05) is 0 Å². The van der Waals surface area contributed by atoms with E-state index >= 15 is 0 Å². The minimum atomic E-state index is 0.430. The monoisotopic (exact) mass is 325 g/mol. The molecule has 1 aliphatic heterocycles. The number of hydrogen-bond acceptors (Lipinski definition) is 2. The molecule has 24 heavy (non-hydrogen) atoms. The first-order valence-corrected chi connectivity index (χ1v) is 9.75. The van der Waals surface area contributed by atoms with Gasteiger partial charge in [0.15, 0.2) is 0 Å². The van der Waals surface area contributed by atoms with Gasteiger partial charge >= 0.3 is 0 Å². The second kappa shape index (κ2) is 7.92. The number of nitrogens with zero attached hydrogens (tertiary/aromatic N) is 3. The quantitative estimate of drug-likeness (QED) is 0.587. The van der Waals surface area contributed by atoms with Crippen LogP contribution >= 0.6 is 0 Å². The van der Waals surface area contributed by atoms with E-state index in [4.69, 9.17) is 0 Å². The average Bonchev–Trinajstić information content (AvgIpc) is 2.96. The van der Waals surface area contributed by atoms with Gasteiger partial charge in [-0.1, -0.05) is 32.6 Å². The van der Waals surface area contributed by atoms with Crippen LogP contribution in [0.2, 0.25) is 0 Å². The van der Waals surface area contributed by atoms with Gasteiger partial charge in [-0.25, -0.2) is 0 Å². The Morgan fingerprint density at radius 1 is 1.29 bits per heavy atom. The summed E-state index contributed by atoms with van der Waals surface area (Å²) in [6.07, 6.45) is 15.4. The minimum absolute atomic E-state index is 0.430. The second-order valence-electron chi connectivity index (χ2n) is 7.51. The zero-order valence-electron chi connectivity index (χ0n) is 15.3. The van der Waals surface area contributed by atoms with Crippen molar-refractivity contribution in [3.05, 3.63) is 35.4 Å². The fraction of sp³-hybridized carbons (Fsp3) is 0.667. The molecule has 2 heterocycles. The van der Waals surface area contributed by atoms with Crippen LogP contribution in [0.4, 0.5) is 0 Å². The third-order valence-corrected chi connectivity index (χ3v) is 5.88. The van der Waals surface area contributed by atoms with Crippen molar-refractivity contribution >= 4 is 0 Å². The van der Waals surface area contributed by atoms with Crippen LogP contribution in [0.15, 0.2) is 24.2 Å². The van der Waals surface area contributed by atoms with Crippen LogP contribution in [-0.4, -0.2) is 15.5 Å². The lowest BCUT2D eigenvalue weighted by atomic mass is 9.95. The van der Waals surface area contributed by atoms with Crippen molar-refractivity contribution in [3.63, 3.8) is 0 Å². The maximum Gasteiger partial charge on any atom is 0.0643 e. The lowest BCUT2D eigenvalue weighted by molar-refractivity contribution is 0.291. The SMILES string of the molecule is CCCCCn1ccc(CC2=CN2C(CC#N)C2CCCC2)c1C. The third-order valence-electron chi connectivity index (χ3n) is 5.88. The van der Waals surface area contributed by atoms with Gasteiger partial charge in [-0.15, -0.1) is 0 Å². The number of aryl methyl sites for hydroxylation is 1. The maximum atomic E-state index is 9.20. The Bertz CT molecular complexity index is 614. The van der Waals surface area contributed by atoms with Crippen LogP contribution in [0.1, 0.15) is 69.5 Å². The Balaban J connectivity index is 1.56. The summed E-state index contributed by atoms with van der Waals surface area (Å²) >= 11 is 0. The molecular formula is C21H31N3. The molecule has 130 valence electrons. The van der Waals surface area contributed by atoms with Gasteiger partial charge in [0.1, 0.15) is 0 Å². The molecule has 1 aromatic heterocycles. The van der Waals surface area contributed by atoms with Crippen LogP contribution in [-0.2, 0) is 13.0 Å². The first-order chi connectivity index (χ1) is 11.7. The lowest BCUT2D eigenvalue weighted by Crippen LogP contribution is -2.27. The Morgan fingerprint density at radius 2 is 2.08 bits per heavy atom. The molecule has 1 atom stereocenters. The second-order valence-corrected chi connectivity index (χ2v) is 7.51. The maximum absolute atomic E-state index is 9.20. The van der Waals surface area contributed by atoms with Crippen LogP contribution in [0.3, 0.4) is 0 Å². The van der Waals surface area contributed by atoms with Gasteiger partial charge in [-0.3, -0.25) is 0 Å². The zero-order chi connectivity index (χ0) is 16.9. The highest BCUT2D eigenvalue weighted by Gasteiger charge is 2.35. The molecule has 2 aliphatic rings. The first-order valence-electron chi connectivity index (χ1n) is 9.75. The Kier molecular flexibility index (Phi) is 5.66. The molecule has 0 aromatic carbocycles. The van der Waals surface area contributed by atoms with E-state index in [1.165, 1.54) is 61.9 Å². The van der Waals surface area contributed by atoms with Crippen molar-refractivity contribution in [2.75, 3.05) is 0 Å². The molecule has 0 spiro atoms. The molecule has 0 saturated heterocycles. The molecule has 0 N–H and O–H groups in total. The van der Waals surface area contributed by atoms with Crippen LogP contribution < -0.4 is 0 Å². The van der Waals surface area contributed by atoms with Crippen LogP contribution in [0, 0.1) is 24.2 Å². The third kappa shape index (κ3) is 3.86. The van der Waals surface area contributed by atoms with Crippen molar-refractivity contribution in [3.8, 4) is 6.07 Å². The van der Waals surface area contributed by atoms with E-state index < -0.39 is 0 Å². The molecule has 3 heteroatoms. The van der Waals surface area contributed by atoms with Crippen LogP contribution in [0.25, 0.3) is 0 Å². The topological polar surface area (TPSA) is 31.7 Å². The van der Waals surface area contributed by atoms with Gasteiger partial charge in [-0.05, 0) is 43.7 Å². The van der Waals surface area contributed by atoms with E-state index in [-0.39, 0.29) is 0 Å². The minimum Gasteiger partial charge on any atom is -0.351 e. The molecule has 1 fully saturated rings. The molecule has 0 amide bonds. The summed E-state index contributed by atoms with van der Waals surface area (Å²) in [6, 6.07) is 5.13. The molecule has 3 rings (SSSR count). The van der Waals surface area contributed by atoms with E-state index in [9.17, 15) is 5.26 Å². The van der Waals surface area contributed by atoms with Gasteiger partial charge in [0.25, 0.3) is 0 Å². The predicted octanol–water partition coefficient (Wildman–Crippen LogP) is 5.16. The van der Waals surface area contributed by atoms with Crippen molar-refractivity contribution in [1.82, 2.24) is 9.47 Å². The summed E-state index contributed by atoms with van der Waals surface area (Å²) in [4.78, 5) is 2.41. The van der Waals surface area contributed by atoms with Gasteiger partial charge in [0.2, 0.25) is 0 Å². The molecule has 0 radical (unpaired) electrons. The fourth-order valence-electron chi connectivity index (χ4n) is 4.26. The highest BCUT2D eigenvalue weighted by molar-refractivity contribution is 5.33. The van der Waals surface area contributed by atoms with Gasteiger partial charge in [-0.2, -0.15) is 5.26 Å². The molecule has 1 unspecified atom stereocenters. The van der Waals surface area contributed by atoms with Crippen molar-refractivity contribution < 1.29 is 0 Å². The van der Waals surface area contributed by atoms with E-state index in [0.29, 0.717) is 12.5 Å². The highest BCUT2D eigenvalue weighted by atomic mass is 15.3.